The first-order valence-corrected chi connectivity index (χ1v) is 13.0. The molecule has 2 saturated heterocycles. The molecule has 0 spiro atoms. The van der Waals surface area contributed by atoms with Gasteiger partial charge in [0.25, 0.3) is 0 Å². The van der Waals surface area contributed by atoms with Crippen LogP contribution >= 0.6 is 0 Å². The molecular weight excluding hydrogens is 452 g/mol. The molecule has 2 fully saturated rings. The number of rotatable bonds is 4. The third-order valence-electron chi connectivity index (χ3n) is 8.02. The van der Waals surface area contributed by atoms with E-state index >= 15 is 0 Å². The highest BCUT2D eigenvalue weighted by atomic mass is 16.5. The van der Waals surface area contributed by atoms with Gasteiger partial charge in [0.05, 0.1) is 35.4 Å². The second-order valence-corrected chi connectivity index (χ2v) is 10.4. The molecule has 0 radical (unpaired) electrons. The maximum atomic E-state index is 13.3. The molecule has 8 nitrogen and oxygen atoms in total. The summed E-state index contributed by atoms with van der Waals surface area (Å²) in [5.74, 6) is 1.04. The van der Waals surface area contributed by atoms with Crippen LogP contribution in [-0.4, -0.2) is 70.4 Å². The second-order valence-electron chi connectivity index (χ2n) is 10.4. The van der Waals surface area contributed by atoms with Gasteiger partial charge in [-0.05, 0) is 69.6 Å². The predicted octanol–water partition coefficient (Wildman–Crippen LogP) is 3.83. The molecule has 0 saturated carbocycles. The van der Waals surface area contributed by atoms with Gasteiger partial charge in [0.1, 0.15) is 5.82 Å². The van der Waals surface area contributed by atoms with Gasteiger partial charge in [0, 0.05) is 49.9 Å². The molecule has 4 aromatic rings. The lowest BCUT2D eigenvalue weighted by molar-refractivity contribution is 0.0593. The summed E-state index contributed by atoms with van der Waals surface area (Å²) >= 11 is 0. The molecule has 36 heavy (non-hydrogen) atoms. The van der Waals surface area contributed by atoms with E-state index in [-0.39, 0.29) is 11.7 Å². The lowest BCUT2D eigenvalue weighted by Gasteiger charge is -2.35. The second kappa shape index (κ2) is 9.33. The highest BCUT2D eigenvalue weighted by Crippen LogP contribution is 2.32. The molecule has 1 unspecified atom stereocenters. The van der Waals surface area contributed by atoms with Crippen LogP contribution in [0.5, 0.6) is 0 Å². The van der Waals surface area contributed by atoms with E-state index in [9.17, 15) is 4.79 Å². The van der Waals surface area contributed by atoms with Crippen molar-refractivity contribution in [2.75, 3.05) is 45.3 Å². The number of nitrogens with zero attached hydrogens (tertiary/aromatic N) is 6. The zero-order chi connectivity index (χ0) is 24.8. The first-order chi connectivity index (χ1) is 17.5. The molecule has 6 rings (SSSR count). The van der Waals surface area contributed by atoms with Gasteiger partial charge in [0.2, 0.25) is 0 Å². The third kappa shape index (κ3) is 3.98. The minimum absolute atomic E-state index is 0.00994. The average Bonchev–Trinajstić information content (AvgIpc) is 3.19. The molecule has 2 aliphatic heterocycles. The van der Waals surface area contributed by atoms with Gasteiger partial charge in [-0.2, -0.15) is 0 Å². The van der Waals surface area contributed by atoms with Gasteiger partial charge in [-0.25, -0.2) is 9.78 Å². The fourth-order valence-corrected chi connectivity index (χ4v) is 5.83. The summed E-state index contributed by atoms with van der Waals surface area (Å²) < 4.78 is 9.37. The van der Waals surface area contributed by atoms with Crippen LogP contribution in [0.4, 0.5) is 5.82 Å². The number of imidazole rings is 1. The van der Waals surface area contributed by atoms with Crippen LogP contribution in [0.3, 0.4) is 0 Å². The molecule has 2 aliphatic rings. The normalized spacial score (nSPS) is 19.6. The number of fused-ring (bicyclic) bond motifs is 3. The highest BCUT2D eigenvalue weighted by Gasteiger charge is 2.24. The summed E-state index contributed by atoms with van der Waals surface area (Å²) in [6, 6.07) is 11.3. The Morgan fingerprint density at radius 1 is 1.00 bits per heavy atom. The van der Waals surface area contributed by atoms with Crippen molar-refractivity contribution >= 4 is 27.8 Å². The van der Waals surface area contributed by atoms with Crippen molar-refractivity contribution in [3.63, 3.8) is 0 Å². The molecule has 1 atom stereocenters. The average molecular weight is 487 g/mol. The number of hydrogen-bond acceptors (Lipinski definition) is 6. The largest absolute Gasteiger partial charge is 0.379 e. The number of aromatic nitrogens is 4. The van der Waals surface area contributed by atoms with Crippen LogP contribution in [0.2, 0.25) is 0 Å². The van der Waals surface area contributed by atoms with E-state index in [1.807, 2.05) is 30.1 Å². The zero-order valence-electron chi connectivity index (χ0n) is 21.4. The number of ether oxygens (including phenoxy) is 1. The lowest BCUT2D eigenvalue weighted by Crippen LogP contribution is -2.42. The third-order valence-corrected chi connectivity index (χ3v) is 8.02. The number of hydrogen-bond donors (Lipinski definition) is 0. The summed E-state index contributed by atoms with van der Waals surface area (Å²) in [6.45, 7) is 3.40. The molecule has 0 N–H and O–H groups in total. The number of pyridine rings is 2. The molecule has 0 amide bonds. The Labute approximate surface area is 211 Å². The molecular formula is C28H34N6O2. The fraction of sp³-hybridized carbons (Fsp3) is 0.464. The van der Waals surface area contributed by atoms with Crippen molar-refractivity contribution in [1.82, 2.24) is 24.0 Å². The smallest absolute Gasteiger partial charge is 0.329 e. The molecule has 0 aliphatic carbocycles. The number of piperidine rings is 1. The predicted molar refractivity (Wildman–Crippen MR) is 144 cm³/mol. The van der Waals surface area contributed by atoms with E-state index in [0.717, 1.165) is 84.3 Å². The van der Waals surface area contributed by atoms with Crippen LogP contribution in [0.25, 0.3) is 33.1 Å². The summed E-state index contributed by atoms with van der Waals surface area (Å²) in [6.07, 6.45) is 8.01. The molecule has 3 aromatic heterocycles. The van der Waals surface area contributed by atoms with Crippen molar-refractivity contribution in [2.24, 2.45) is 7.05 Å². The van der Waals surface area contributed by atoms with Crippen molar-refractivity contribution in [2.45, 2.75) is 37.8 Å². The molecule has 1 aromatic carbocycles. The van der Waals surface area contributed by atoms with Gasteiger partial charge in [0.15, 0.2) is 0 Å². The zero-order valence-corrected chi connectivity index (χ0v) is 21.4. The maximum absolute atomic E-state index is 13.3. The minimum atomic E-state index is -0.00994. The molecule has 5 heterocycles. The molecule has 8 heteroatoms. The Morgan fingerprint density at radius 3 is 2.50 bits per heavy atom. The van der Waals surface area contributed by atoms with Gasteiger partial charge in [-0.15, -0.1) is 0 Å². The topological polar surface area (TPSA) is 68.4 Å². The molecule has 0 bridgehead atoms. The summed E-state index contributed by atoms with van der Waals surface area (Å²) in [7, 11) is 6.15. The first-order valence-electron chi connectivity index (χ1n) is 13.0. The highest BCUT2D eigenvalue weighted by molar-refractivity contribution is 6.04. The van der Waals surface area contributed by atoms with Crippen LogP contribution in [0.1, 0.15) is 31.7 Å². The Kier molecular flexibility index (Phi) is 6.01. The quantitative estimate of drug-likeness (QED) is 0.437. The van der Waals surface area contributed by atoms with E-state index in [4.69, 9.17) is 9.72 Å². The van der Waals surface area contributed by atoms with E-state index in [2.05, 4.69) is 53.1 Å². The SMILES string of the molecule is CN(C)C1CCN(c2ccc(-c3ccc4ncc5c(c4c3)n(C3CCCOC3)c(=O)n5C)cn2)CC1. The molecule has 188 valence electrons. The minimum Gasteiger partial charge on any atom is -0.379 e. The monoisotopic (exact) mass is 486 g/mol. The van der Waals surface area contributed by atoms with Crippen molar-refractivity contribution < 1.29 is 4.74 Å². The fourth-order valence-electron chi connectivity index (χ4n) is 5.83. The Bertz CT molecular complexity index is 1440. The lowest BCUT2D eigenvalue weighted by atomic mass is 10.0. The number of anilines is 1. The standard InChI is InChI=1S/C28H34N6O2/c1-31(2)21-10-12-33(13-11-21)26-9-7-20(16-30-26)19-6-8-24-23(15-19)27-25(17-29-24)32(3)28(35)34(27)22-5-4-14-36-18-22/h6-9,15-17,21-22H,4-5,10-14,18H2,1-3H3. The van der Waals surface area contributed by atoms with Gasteiger partial charge < -0.3 is 14.5 Å². The van der Waals surface area contributed by atoms with Crippen molar-refractivity contribution in [3.8, 4) is 11.1 Å². The van der Waals surface area contributed by atoms with E-state index in [0.29, 0.717) is 12.6 Å². The van der Waals surface area contributed by atoms with Gasteiger partial charge in [-0.1, -0.05) is 6.07 Å². The van der Waals surface area contributed by atoms with Crippen molar-refractivity contribution in [3.05, 3.63) is 53.2 Å². The van der Waals surface area contributed by atoms with Gasteiger partial charge >= 0.3 is 5.69 Å². The number of aryl methyl sites for hydroxylation is 1. The maximum Gasteiger partial charge on any atom is 0.329 e. The van der Waals surface area contributed by atoms with E-state index in [1.165, 1.54) is 0 Å². The summed E-state index contributed by atoms with van der Waals surface area (Å²) in [5.41, 5.74) is 4.81. The van der Waals surface area contributed by atoms with Crippen LogP contribution in [0.15, 0.2) is 47.5 Å². The van der Waals surface area contributed by atoms with Crippen LogP contribution < -0.4 is 10.6 Å². The van der Waals surface area contributed by atoms with Crippen LogP contribution in [0, 0.1) is 0 Å². The van der Waals surface area contributed by atoms with E-state index in [1.54, 1.807) is 4.57 Å². The van der Waals surface area contributed by atoms with E-state index < -0.39 is 0 Å². The Balaban J connectivity index is 1.36. The van der Waals surface area contributed by atoms with Crippen molar-refractivity contribution in [1.29, 1.82) is 0 Å². The summed E-state index contributed by atoms with van der Waals surface area (Å²) in [4.78, 5) is 27.5. The first kappa shape index (κ1) is 23.2. The Hall–Kier alpha value is -3.23. The Morgan fingerprint density at radius 2 is 1.81 bits per heavy atom. The summed E-state index contributed by atoms with van der Waals surface area (Å²) in [5, 5.41) is 0.989. The number of benzene rings is 1. The van der Waals surface area contributed by atoms with Crippen LogP contribution in [-0.2, 0) is 11.8 Å². The van der Waals surface area contributed by atoms with Gasteiger partial charge in [-0.3, -0.25) is 14.1 Å².